The number of carbonyl (C=O) groups is 1. The lowest BCUT2D eigenvalue weighted by atomic mass is 10.1. The molecule has 0 unspecified atom stereocenters. The van der Waals surface area contributed by atoms with E-state index in [2.05, 4.69) is 28.5 Å². The minimum Gasteiger partial charge on any atom is -0.457 e. The van der Waals surface area contributed by atoms with Gasteiger partial charge in [0.2, 0.25) is 5.91 Å². The largest absolute Gasteiger partial charge is 0.457 e. The molecule has 0 bridgehead atoms. The van der Waals surface area contributed by atoms with Crippen LogP contribution in [0.25, 0.3) is 34.1 Å². The number of fused-ring (bicyclic) bond motifs is 1. The minimum absolute atomic E-state index is 0.273. The van der Waals surface area contributed by atoms with Crippen LogP contribution in [0.15, 0.2) is 83.3 Å². The molecule has 34 heavy (non-hydrogen) atoms. The summed E-state index contributed by atoms with van der Waals surface area (Å²) in [7, 11) is 0. The zero-order chi connectivity index (χ0) is 23.7. The number of anilines is 1. The molecule has 0 aliphatic carbocycles. The number of benzene rings is 3. The predicted molar refractivity (Wildman–Crippen MR) is 135 cm³/mol. The predicted octanol–water partition coefficient (Wildman–Crippen LogP) is 6.60. The highest BCUT2D eigenvalue weighted by Crippen LogP contribution is 2.24. The zero-order valence-electron chi connectivity index (χ0n) is 18.6. The normalized spacial score (nSPS) is 11.4. The Balaban J connectivity index is 1.29. The number of halogens is 1. The van der Waals surface area contributed by atoms with Crippen LogP contribution in [-0.2, 0) is 4.79 Å². The molecule has 0 aliphatic rings. The van der Waals surface area contributed by atoms with Crippen molar-refractivity contribution in [2.45, 2.75) is 13.8 Å². The van der Waals surface area contributed by atoms with E-state index in [1.807, 2.05) is 49.4 Å². The molecule has 5 aromatic rings. The van der Waals surface area contributed by atoms with Crippen LogP contribution in [-0.4, -0.2) is 20.9 Å². The summed E-state index contributed by atoms with van der Waals surface area (Å²) in [6.07, 6.45) is 3.06. The summed E-state index contributed by atoms with van der Waals surface area (Å²) in [5.74, 6) is 1.01. The second kappa shape index (κ2) is 9.00. The summed E-state index contributed by atoms with van der Waals surface area (Å²) < 4.78 is 5.80. The number of nitrogens with one attached hydrogen (secondary N) is 1. The Morgan fingerprint density at radius 3 is 2.53 bits per heavy atom. The average molecular weight is 469 g/mol. The molecule has 168 valence electrons. The van der Waals surface area contributed by atoms with Gasteiger partial charge in [0, 0.05) is 22.3 Å². The molecule has 0 spiro atoms. The molecule has 0 fully saturated rings. The Morgan fingerprint density at radius 2 is 1.74 bits per heavy atom. The van der Waals surface area contributed by atoms with Crippen molar-refractivity contribution in [3.63, 3.8) is 0 Å². The number of carbonyl (C=O) groups excluding carboxylic acids is 1. The molecule has 3 aromatic carbocycles. The number of hydrogen-bond donors (Lipinski definition) is 1. The van der Waals surface area contributed by atoms with Gasteiger partial charge in [-0.05, 0) is 86.2 Å². The van der Waals surface area contributed by atoms with E-state index in [0.29, 0.717) is 27.7 Å². The number of aryl methyl sites for hydroxylation is 2. The molecule has 0 saturated heterocycles. The van der Waals surface area contributed by atoms with E-state index in [-0.39, 0.29) is 5.91 Å². The lowest BCUT2D eigenvalue weighted by Gasteiger charge is -2.04. The molecule has 0 radical (unpaired) electrons. The number of furan rings is 1. The third-order valence-electron chi connectivity index (χ3n) is 5.37. The van der Waals surface area contributed by atoms with E-state index in [1.54, 1.807) is 35.1 Å². The molecule has 1 amide bonds. The highest BCUT2D eigenvalue weighted by Gasteiger charge is 2.09. The van der Waals surface area contributed by atoms with E-state index >= 15 is 0 Å². The van der Waals surface area contributed by atoms with Gasteiger partial charge in [0.05, 0.1) is 5.69 Å². The van der Waals surface area contributed by atoms with Crippen LogP contribution < -0.4 is 5.32 Å². The first-order chi connectivity index (χ1) is 16.4. The van der Waals surface area contributed by atoms with Gasteiger partial charge in [0.25, 0.3) is 0 Å². The van der Waals surface area contributed by atoms with Crippen molar-refractivity contribution in [3.8, 4) is 17.0 Å². The highest BCUT2D eigenvalue weighted by atomic mass is 35.5. The number of hydrogen-bond acceptors (Lipinski definition) is 4. The van der Waals surface area contributed by atoms with E-state index in [0.717, 1.165) is 22.3 Å². The molecule has 1 N–H and O–H groups in total. The molecule has 0 aliphatic heterocycles. The first kappa shape index (κ1) is 21.7. The molecule has 5 rings (SSSR count). The van der Waals surface area contributed by atoms with Crippen LogP contribution in [0.4, 0.5) is 5.69 Å². The van der Waals surface area contributed by atoms with Crippen molar-refractivity contribution in [3.05, 3.63) is 101 Å². The lowest BCUT2D eigenvalue weighted by Crippen LogP contribution is -2.07. The smallest absolute Gasteiger partial charge is 0.248 e. The van der Waals surface area contributed by atoms with Crippen LogP contribution >= 0.6 is 11.6 Å². The SMILES string of the molecule is Cc1ccc(-n2nc3ccc(NC(=O)/C=C\c4ccc(-c5ccc(Cl)cc5)o4)cc3n2)c(C)c1. The van der Waals surface area contributed by atoms with Crippen molar-refractivity contribution in [1.82, 2.24) is 15.0 Å². The third-order valence-corrected chi connectivity index (χ3v) is 5.62. The highest BCUT2D eigenvalue weighted by molar-refractivity contribution is 6.30. The van der Waals surface area contributed by atoms with E-state index in [1.165, 1.54) is 11.6 Å². The fourth-order valence-electron chi connectivity index (χ4n) is 3.68. The van der Waals surface area contributed by atoms with Gasteiger partial charge >= 0.3 is 0 Å². The Kier molecular flexibility index (Phi) is 5.74. The third kappa shape index (κ3) is 4.63. The van der Waals surface area contributed by atoms with Crippen LogP contribution in [0.5, 0.6) is 0 Å². The van der Waals surface area contributed by atoms with Gasteiger partial charge in [-0.3, -0.25) is 4.79 Å². The first-order valence-corrected chi connectivity index (χ1v) is 11.1. The molecular formula is C27H21ClN4O2. The lowest BCUT2D eigenvalue weighted by molar-refractivity contribution is -0.111. The van der Waals surface area contributed by atoms with Crippen molar-refractivity contribution < 1.29 is 9.21 Å². The van der Waals surface area contributed by atoms with Gasteiger partial charge < -0.3 is 9.73 Å². The number of rotatable bonds is 5. The maximum absolute atomic E-state index is 12.4. The maximum Gasteiger partial charge on any atom is 0.248 e. The molecular weight excluding hydrogens is 448 g/mol. The average Bonchev–Trinajstić information content (AvgIpc) is 3.45. The standard InChI is InChI=1S/C27H21ClN4O2/c1-17-3-12-25(18(2)15-17)32-30-23-11-8-21(16-24(23)31-32)29-27(33)14-10-22-9-13-26(34-22)19-4-6-20(28)7-5-19/h3-16H,1-2H3,(H,29,33)/b14-10-. The van der Waals surface area contributed by atoms with E-state index in [9.17, 15) is 4.79 Å². The van der Waals surface area contributed by atoms with Gasteiger partial charge in [-0.15, -0.1) is 10.2 Å². The Morgan fingerprint density at radius 1 is 0.941 bits per heavy atom. The van der Waals surface area contributed by atoms with Gasteiger partial charge in [0.1, 0.15) is 22.6 Å². The van der Waals surface area contributed by atoms with Crippen LogP contribution in [0, 0.1) is 13.8 Å². The maximum atomic E-state index is 12.4. The van der Waals surface area contributed by atoms with Gasteiger partial charge in [-0.1, -0.05) is 29.3 Å². The van der Waals surface area contributed by atoms with Crippen molar-refractivity contribution in [2.75, 3.05) is 5.32 Å². The summed E-state index contributed by atoms with van der Waals surface area (Å²) in [4.78, 5) is 14.1. The molecule has 7 heteroatoms. The van der Waals surface area contributed by atoms with Crippen molar-refractivity contribution in [1.29, 1.82) is 0 Å². The van der Waals surface area contributed by atoms with Crippen molar-refractivity contribution in [2.24, 2.45) is 0 Å². The van der Waals surface area contributed by atoms with Crippen molar-refractivity contribution >= 4 is 40.3 Å². The molecule has 6 nitrogen and oxygen atoms in total. The number of aromatic nitrogens is 3. The summed E-state index contributed by atoms with van der Waals surface area (Å²) in [6.45, 7) is 4.09. The second-order valence-corrected chi connectivity index (χ2v) is 8.45. The zero-order valence-corrected chi connectivity index (χ0v) is 19.4. The summed E-state index contributed by atoms with van der Waals surface area (Å²) >= 11 is 5.93. The van der Waals surface area contributed by atoms with Crippen LogP contribution in [0.1, 0.15) is 16.9 Å². The quantitative estimate of drug-likeness (QED) is 0.295. The molecule has 0 saturated carbocycles. The monoisotopic (exact) mass is 468 g/mol. The van der Waals surface area contributed by atoms with Gasteiger partial charge in [0.15, 0.2) is 0 Å². The molecule has 2 aromatic heterocycles. The topological polar surface area (TPSA) is 73.0 Å². The summed E-state index contributed by atoms with van der Waals surface area (Å²) in [5, 5.41) is 12.7. The fraction of sp³-hybridized carbons (Fsp3) is 0.0741. The summed E-state index contributed by atoms with van der Waals surface area (Å²) in [6, 6.07) is 22.6. The Hall–Kier alpha value is -4.16. The molecule has 2 heterocycles. The minimum atomic E-state index is -0.273. The van der Waals surface area contributed by atoms with Crippen LogP contribution in [0.2, 0.25) is 5.02 Å². The van der Waals surface area contributed by atoms with Gasteiger partial charge in [-0.2, -0.15) is 4.80 Å². The fourth-order valence-corrected chi connectivity index (χ4v) is 3.81. The van der Waals surface area contributed by atoms with Crippen LogP contribution in [0.3, 0.4) is 0 Å². The van der Waals surface area contributed by atoms with E-state index in [4.69, 9.17) is 16.0 Å². The summed E-state index contributed by atoms with van der Waals surface area (Å²) in [5.41, 5.74) is 6.20. The van der Waals surface area contributed by atoms with E-state index < -0.39 is 0 Å². The molecule has 0 atom stereocenters. The number of amides is 1. The second-order valence-electron chi connectivity index (χ2n) is 8.01. The Labute approximate surface area is 201 Å². The Bertz CT molecular complexity index is 1530. The van der Waals surface area contributed by atoms with Gasteiger partial charge in [-0.25, -0.2) is 0 Å². The number of nitrogens with zero attached hydrogens (tertiary/aromatic N) is 3. The first-order valence-electron chi connectivity index (χ1n) is 10.7.